The summed E-state index contributed by atoms with van der Waals surface area (Å²) in [6.07, 6.45) is 1.03. The summed E-state index contributed by atoms with van der Waals surface area (Å²) in [5, 5.41) is 7.55. The Morgan fingerprint density at radius 2 is 2.16 bits per heavy atom. The van der Waals surface area contributed by atoms with Gasteiger partial charge in [-0.3, -0.25) is 9.89 Å². The maximum absolute atomic E-state index is 12.1. The number of nitrogens with one attached hydrogen (secondary N) is 1. The summed E-state index contributed by atoms with van der Waals surface area (Å²) in [5.74, 6) is 1.35. The second kappa shape index (κ2) is 6.38. The van der Waals surface area contributed by atoms with Gasteiger partial charge in [0, 0.05) is 19.5 Å². The van der Waals surface area contributed by atoms with Crippen LogP contribution in [0.2, 0.25) is 0 Å². The number of nitrogens with zero attached hydrogens (tertiary/aromatic N) is 3. The molecule has 1 fully saturated rings. The van der Waals surface area contributed by atoms with Crippen LogP contribution in [0.5, 0.6) is 0 Å². The van der Waals surface area contributed by atoms with Crippen molar-refractivity contribution in [3.8, 4) is 0 Å². The predicted molar refractivity (Wildman–Crippen MR) is 73.1 cm³/mol. The summed E-state index contributed by atoms with van der Waals surface area (Å²) in [7, 11) is 0. The van der Waals surface area contributed by atoms with Gasteiger partial charge in [0.2, 0.25) is 11.1 Å². The standard InChI is InChI=1S/C12H20N4O2S/c1-4-10-13-12(15-14-10)19-7-11(17)16-5-8(2)18-9(3)6-16/h8-9H,4-7H2,1-3H3,(H,13,14,15). The number of H-pyrrole nitrogens is 1. The first-order chi connectivity index (χ1) is 9.08. The van der Waals surface area contributed by atoms with Crippen molar-refractivity contribution < 1.29 is 9.53 Å². The van der Waals surface area contributed by atoms with Crippen molar-refractivity contribution in [2.24, 2.45) is 0 Å². The number of carbonyl (C=O) groups excluding carboxylic acids is 1. The molecule has 2 rings (SSSR count). The predicted octanol–water partition coefficient (Wildman–Crippen LogP) is 1.09. The van der Waals surface area contributed by atoms with Gasteiger partial charge in [-0.2, -0.15) is 0 Å². The highest BCUT2D eigenvalue weighted by Crippen LogP contribution is 2.16. The molecule has 1 aliphatic rings. The number of amides is 1. The average Bonchev–Trinajstić information content (AvgIpc) is 2.82. The third-order valence-corrected chi connectivity index (χ3v) is 3.78. The zero-order valence-electron chi connectivity index (χ0n) is 11.5. The molecule has 0 spiro atoms. The number of hydrogen-bond acceptors (Lipinski definition) is 5. The molecule has 1 saturated heterocycles. The van der Waals surface area contributed by atoms with Crippen LogP contribution in [0.3, 0.4) is 0 Å². The van der Waals surface area contributed by atoms with Crippen molar-refractivity contribution >= 4 is 17.7 Å². The fourth-order valence-electron chi connectivity index (χ4n) is 2.10. The summed E-state index contributed by atoms with van der Waals surface area (Å²) in [5.41, 5.74) is 0. The molecule has 0 saturated carbocycles. The van der Waals surface area contributed by atoms with Crippen molar-refractivity contribution in [2.45, 2.75) is 44.6 Å². The Hall–Kier alpha value is -1.08. The van der Waals surface area contributed by atoms with Gasteiger partial charge in [-0.05, 0) is 13.8 Å². The molecule has 1 N–H and O–H groups in total. The molecule has 1 amide bonds. The molecular formula is C12H20N4O2S. The van der Waals surface area contributed by atoms with E-state index >= 15 is 0 Å². The minimum Gasteiger partial charge on any atom is -0.372 e. The normalized spacial score (nSPS) is 23.6. The van der Waals surface area contributed by atoms with Crippen LogP contribution in [0.1, 0.15) is 26.6 Å². The Kier molecular flexibility index (Phi) is 4.81. The summed E-state index contributed by atoms with van der Waals surface area (Å²) in [4.78, 5) is 18.3. The fraction of sp³-hybridized carbons (Fsp3) is 0.750. The van der Waals surface area contributed by atoms with E-state index in [1.165, 1.54) is 11.8 Å². The Labute approximate surface area is 117 Å². The minimum absolute atomic E-state index is 0.105. The van der Waals surface area contributed by atoms with Crippen molar-refractivity contribution in [1.82, 2.24) is 20.1 Å². The fourth-order valence-corrected chi connectivity index (χ4v) is 2.82. The highest BCUT2D eigenvalue weighted by atomic mass is 32.2. The molecule has 106 valence electrons. The van der Waals surface area contributed by atoms with Crippen molar-refractivity contribution in [2.75, 3.05) is 18.8 Å². The summed E-state index contributed by atoms with van der Waals surface area (Å²) < 4.78 is 5.62. The largest absolute Gasteiger partial charge is 0.372 e. The van der Waals surface area contributed by atoms with Crippen LogP contribution in [-0.2, 0) is 16.0 Å². The van der Waals surface area contributed by atoms with E-state index in [0.29, 0.717) is 24.0 Å². The minimum atomic E-state index is 0.105. The molecule has 1 aliphatic heterocycles. The third kappa shape index (κ3) is 3.94. The molecule has 2 unspecified atom stereocenters. The molecule has 7 heteroatoms. The van der Waals surface area contributed by atoms with Crippen molar-refractivity contribution in [3.63, 3.8) is 0 Å². The number of thioether (sulfide) groups is 1. The topological polar surface area (TPSA) is 71.1 Å². The molecule has 2 atom stereocenters. The number of aryl methyl sites for hydroxylation is 1. The monoisotopic (exact) mass is 284 g/mol. The zero-order chi connectivity index (χ0) is 13.8. The number of morpholine rings is 1. The van der Waals surface area contributed by atoms with E-state index in [0.717, 1.165) is 12.2 Å². The second-order valence-corrected chi connectivity index (χ2v) is 5.71. The summed E-state index contributed by atoms with van der Waals surface area (Å²) in [6.45, 7) is 7.32. The molecule has 2 heterocycles. The molecule has 6 nitrogen and oxygen atoms in total. The molecule has 0 aromatic carbocycles. The second-order valence-electron chi connectivity index (χ2n) is 4.76. The summed E-state index contributed by atoms with van der Waals surface area (Å²) in [6, 6.07) is 0. The first-order valence-electron chi connectivity index (χ1n) is 6.55. The van der Waals surface area contributed by atoms with Crippen LogP contribution in [0.15, 0.2) is 5.16 Å². The maximum atomic E-state index is 12.1. The van der Waals surface area contributed by atoms with E-state index in [1.807, 2.05) is 25.7 Å². The van der Waals surface area contributed by atoms with Crippen LogP contribution in [-0.4, -0.2) is 57.0 Å². The van der Waals surface area contributed by atoms with Gasteiger partial charge in [0.15, 0.2) is 0 Å². The highest BCUT2D eigenvalue weighted by Gasteiger charge is 2.25. The Balaban J connectivity index is 1.83. The molecule has 0 aliphatic carbocycles. The van der Waals surface area contributed by atoms with E-state index in [4.69, 9.17) is 4.74 Å². The molecule has 0 radical (unpaired) electrons. The Morgan fingerprint density at radius 3 is 2.74 bits per heavy atom. The highest BCUT2D eigenvalue weighted by molar-refractivity contribution is 7.99. The lowest BCUT2D eigenvalue weighted by atomic mass is 10.2. The van der Waals surface area contributed by atoms with Crippen LogP contribution >= 0.6 is 11.8 Å². The van der Waals surface area contributed by atoms with E-state index in [2.05, 4.69) is 15.2 Å². The Bertz CT molecular complexity index is 427. The lowest BCUT2D eigenvalue weighted by Crippen LogP contribution is -2.48. The SMILES string of the molecule is CCc1nc(SCC(=O)N2CC(C)OC(C)C2)n[nH]1. The molecule has 1 aromatic heterocycles. The van der Waals surface area contributed by atoms with Gasteiger partial charge in [-0.25, -0.2) is 4.98 Å². The molecule has 19 heavy (non-hydrogen) atoms. The first-order valence-corrected chi connectivity index (χ1v) is 7.54. The van der Waals surface area contributed by atoms with Crippen LogP contribution in [0.4, 0.5) is 0 Å². The number of hydrogen-bond donors (Lipinski definition) is 1. The number of aromatic nitrogens is 3. The van der Waals surface area contributed by atoms with Crippen LogP contribution < -0.4 is 0 Å². The van der Waals surface area contributed by atoms with Crippen molar-refractivity contribution in [1.29, 1.82) is 0 Å². The van der Waals surface area contributed by atoms with Gasteiger partial charge in [-0.15, -0.1) is 5.10 Å². The van der Waals surface area contributed by atoms with E-state index in [1.54, 1.807) is 0 Å². The van der Waals surface area contributed by atoms with E-state index in [9.17, 15) is 4.79 Å². The molecular weight excluding hydrogens is 264 g/mol. The summed E-state index contributed by atoms with van der Waals surface area (Å²) >= 11 is 1.38. The Morgan fingerprint density at radius 1 is 1.47 bits per heavy atom. The average molecular weight is 284 g/mol. The van der Waals surface area contributed by atoms with Crippen LogP contribution in [0.25, 0.3) is 0 Å². The number of carbonyl (C=O) groups is 1. The van der Waals surface area contributed by atoms with E-state index in [-0.39, 0.29) is 18.1 Å². The van der Waals surface area contributed by atoms with Gasteiger partial charge < -0.3 is 9.64 Å². The van der Waals surface area contributed by atoms with Crippen molar-refractivity contribution in [3.05, 3.63) is 5.82 Å². The maximum Gasteiger partial charge on any atom is 0.233 e. The number of aromatic amines is 1. The van der Waals surface area contributed by atoms with Gasteiger partial charge in [0.1, 0.15) is 5.82 Å². The zero-order valence-corrected chi connectivity index (χ0v) is 12.4. The van der Waals surface area contributed by atoms with Crippen LogP contribution in [0, 0.1) is 0 Å². The number of rotatable bonds is 4. The molecule has 1 aromatic rings. The smallest absolute Gasteiger partial charge is 0.233 e. The molecule has 0 bridgehead atoms. The van der Waals surface area contributed by atoms with E-state index < -0.39 is 0 Å². The van der Waals surface area contributed by atoms with Gasteiger partial charge in [0.25, 0.3) is 0 Å². The lowest BCUT2D eigenvalue weighted by Gasteiger charge is -2.35. The third-order valence-electron chi connectivity index (χ3n) is 2.94. The first kappa shape index (κ1) is 14.3. The van der Waals surface area contributed by atoms with Gasteiger partial charge >= 0.3 is 0 Å². The quantitative estimate of drug-likeness (QED) is 0.838. The number of ether oxygens (including phenoxy) is 1. The van der Waals surface area contributed by atoms with Gasteiger partial charge in [-0.1, -0.05) is 18.7 Å². The lowest BCUT2D eigenvalue weighted by molar-refractivity contribution is -0.140. The van der Waals surface area contributed by atoms with Gasteiger partial charge in [0.05, 0.1) is 18.0 Å².